The summed E-state index contributed by atoms with van der Waals surface area (Å²) in [6.07, 6.45) is 1.08. The van der Waals surface area contributed by atoms with Gasteiger partial charge in [0.05, 0.1) is 5.02 Å². The van der Waals surface area contributed by atoms with Gasteiger partial charge in [0.2, 0.25) is 0 Å². The summed E-state index contributed by atoms with van der Waals surface area (Å²) >= 11 is 6.02. The second-order valence-electron chi connectivity index (χ2n) is 4.92. The van der Waals surface area contributed by atoms with Crippen LogP contribution in [0.2, 0.25) is 5.02 Å². The fraction of sp³-hybridized carbons (Fsp3) is 0.533. The molecule has 0 unspecified atom stereocenters. The molecular weight excluding hydrogens is 262 g/mol. The first-order chi connectivity index (χ1) is 9.04. The lowest BCUT2D eigenvalue weighted by Crippen LogP contribution is -2.38. The maximum atomic E-state index is 12.0. The van der Waals surface area contributed by atoms with Crippen LogP contribution in [0.1, 0.15) is 33.6 Å². The van der Waals surface area contributed by atoms with E-state index < -0.39 is 6.10 Å². The van der Waals surface area contributed by atoms with Crippen molar-refractivity contribution in [1.82, 2.24) is 5.32 Å². The fourth-order valence-corrected chi connectivity index (χ4v) is 1.79. The number of rotatable bonds is 7. The lowest BCUT2D eigenvalue weighted by atomic mass is 10.1. The van der Waals surface area contributed by atoms with Gasteiger partial charge >= 0.3 is 0 Å². The Labute approximate surface area is 120 Å². The Morgan fingerprint density at radius 1 is 1.37 bits per heavy atom. The van der Waals surface area contributed by atoms with Crippen LogP contribution in [0, 0.1) is 5.92 Å². The van der Waals surface area contributed by atoms with Gasteiger partial charge in [-0.1, -0.05) is 44.5 Å². The van der Waals surface area contributed by atoms with Gasteiger partial charge in [-0.2, -0.15) is 0 Å². The zero-order valence-corrected chi connectivity index (χ0v) is 12.5. The van der Waals surface area contributed by atoms with E-state index in [4.69, 9.17) is 16.3 Å². The number of nitrogens with one attached hydrogen (secondary N) is 1. The topological polar surface area (TPSA) is 38.3 Å². The maximum Gasteiger partial charge on any atom is 0.261 e. The van der Waals surface area contributed by atoms with Gasteiger partial charge in [-0.3, -0.25) is 4.79 Å². The molecule has 1 aromatic carbocycles. The average molecular weight is 284 g/mol. The van der Waals surface area contributed by atoms with Gasteiger partial charge in [-0.05, 0) is 30.9 Å². The Balaban J connectivity index is 2.53. The van der Waals surface area contributed by atoms with Crippen molar-refractivity contribution in [2.75, 3.05) is 6.54 Å². The Morgan fingerprint density at radius 3 is 2.63 bits per heavy atom. The highest BCUT2D eigenvalue weighted by Gasteiger charge is 2.18. The first-order valence-electron chi connectivity index (χ1n) is 6.73. The van der Waals surface area contributed by atoms with E-state index in [1.807, 2.05) is 19.1 Å². The number of benzene rings is 1. The first kappa shape index (κ1) is 15.8. The van der Waals surface area contributed by atoms with Crippen molar-refractivity contribution in [3.05, 3.63) is 29.3 Å². The number of para-hydroxylation sites is 1. The molecule has 0 saturated heterocycles. The van der Waals surface area contributed by atoms with Crippen LogP contribution >= 0.6 is 11.6 Å². The average Bonchev–Trinajstić information content (AvgIpc) is 2.37. The molecule has 0 aliphatic carbocycles. The molecule has 0 spiro atoms. The van der Waals surface area contributed by atoms with Crippen molar-refractivity contribution in [1.29, 1.82) is 0 Å². The zero-order valence-electron chi connectivity index (χ0n) is 11.8. The Bertz CT molecular complexity index is 407. The number of amides is 1. The molecule has 0 aliphatic rings. The van der Waals surface area contributed by atoms with E-state index >= 15 is 0 Å². The molecule has 1 aromatic rings. The van der Waals surface area contributed by atoms with Gasteiger partial charge in [-0.15, -0.1) is 0 Å². The molecule has 106 valence electrons. The molecule has 0 fully saturated rings. The molecule has 0 saturated carbocycles. The summed E-state index contributed by atoms with van der Waals surface area (Å²) in [5.74, 6) is 1.04. The smallest absolute Gasteiger partial charge is 0.261 e. The molecule has 1 rings (SSSR count). The molecule has 19 heavy (non-hydrogen) atoms. The zero-order chi connectivity index (χ0) is 14.3. The third-order valence-corrected chi connectivity index (χ3v) is 3.10. The molecule has 1 atom stereocenters. The van der Waals surface area contributed by atoms with Crippen LogP contribution in [0.5, 0.6) is 5.75 Å². The summed E-state index contributed by atoms with van der Waals surface area (Å²) in [4.78, 5) is 12.0. The predicted molar refractivity (Wildman–Crippen MR) is 78.6 cm³/mol. The summed E-state index contributed by atoms with van der Waals surface area (Å²) in [5, 5.41) is 3.42. The first-order valence-corrected chi connectivity index (χ1v) is 7.11. The Morgan fingerprint density at radius 2 is 2.05 bits per heavy atom. The minimum absolute atomic E-state index is 0.0805. The summed E-state index contributed by atoms with van der Waals surface area (Å²) in [5.41, 5.74) is 0. The van der Waals surface area contributed by atoms with Crippen LogP contribution in [0.25, 0.3) is 0 Å². The number of carbonyl (C=O) groups excluding carboxylic acids is 1. The monoisotopic (exact) mass is 283 g/mol. The van der Waals surface area contributed by atoms with E-state index in [1.54, 1.807) is 12.1 Å². The molecule has 0 bridgehead atoms. The summed E-state index contributed by atoms with van der Waals surface area (Å²) in [7, 11) is 0. The molecule has 0 heterocycles. The summed E-state index contributed by atoms with van der Waals surface area (Å²) in [6, 6.07) is 7.19. The molecule has 0 aliphatic heterocycles. The second kappa shape index (κ2) is 8.05. The largest absolute Gasteiger partial charge is 0.479 e. The maximum absolute atomic E-state index is 12.0. The Kier molecular flexibility index (Phi) is 6.71. The van der Waals surface area contributed by atoms with E-state index in [1.165, 1.54) is 0 Å². The predicted octanol–water partition coefficient (Wildman–Crippen LogP) is 3.66. The van der Waals surface area contributed by atoms with E-state index in [-0.39, 0.29) is 5.91 Å². The highest BCUT2D eigenvalue weighted by molar-refractivity contribution is 6.32. The minimum atomic E-state index is -0.493. The van der Waals surface area contributed by atoms with E-state index in [0.29, 0.717) is 29.7 Å². The quantitative estimate of drug-likeness (QED) is 0.829. The molecule has 1 amide bonds. The molecule has 1 N–H and O–H groups in total. The number of halogens is 1. The van der Waals surface area contributed by atoms with Gasteiger partial charge in [0.1, 0.15) is 5.75 Å². The number of carbonyl (C=O) groups is 1. The van der Waals surface area contributed by atoms with Crippen molar-refractivity contribution in [3.8, 4) is 5.75 Å². The van der Waals surface area contributed by atoms with Gasteiger partial charge in [0, 0.05) is 6.54 Å². The van der Waals surface area contributed by atoms with Gasteiger partial charge in [0.15, 0.2) is 6.10 Å². The Hall–Kier alpha value is -1.22. The van der Waals surface area contributed by atoms with Crippen LogP contribution < -0.4 is 10.1 Å². The lowest BCUT2D eigenvalue weighted by molar-refractivity contribution is -0.128. The van der Waals surface area contributed by atoms with Crippen molar-refractivity contribution in [3.63, 3.8) is 0 Å². The standard InChI is InChI=1S/C15H22ClNO2/c1-4-13(15(18)17-10-9-11(2)3)19-14-8-6-5-7-12(14)16/h5-8,11,13H,4,9-10H2,1-3H3,(H,17,18)/t13-/m0/s1. The van der Waals surface area contributed by atoms with Crippen molar-refractivity contribution < 1.29 is 9.53 Å². The van der Waals surface area contributed by atoms with Gasteiger partial charge in [-0.25, -0.2) is 0 Å². The van der Waals surface area contributed by atoms with E-state index in [0.717, 1.165) is 6.42 Å². The number of ether oxygens (including phenoxy) is 1. The SMILES string of the molecule is CC[C@H](Oc1ccccc1Cl)C(=O)NCCC(C)C. The van der Waals surface area contributed by atoms with Crippen LogP contribution in [0.3, 0.4) is 0 Å². The molecule has 3 nitrogen and oxygen atoms in total. The minimum Gasteiger partial charge on any atom is -0.479 e. The summed E-state index contributed by atoms with van der Waals surface area (Å²) in [6.45, 7) is 6.86. The lowest BCUT2D eigenvalue weighted by Gasteiger charge is -2.18. The number of hydrogen-bond donors (Lipinski definition) is 1. The van der Waals surface area contributed by atoms with Crippen molar-refractivity contribution >= 4 is 17.5 Å². The van der Waals surface area contributed by atoms with Crippen LogP contribution in [-0.4, -0.2) is 18.6 Å². The second-order valence-corrected chi connectivity index (χ2v) is 5.33. The molecular formula is C15H22ClNO2. The van der Waals surface area contributed by atoms with Crippen molar-refractivity contribution in [2.45, 2.75) is 39.7 Å². The third-order valence-electron chi connectivity index (χ3n) is 2.79. The van der Waals surface area contributed by atoms with E-state index in [2.05, 4.69) is 19.2 Å². The van der Waals surface area contributed by atoms with Crippen LogP contribution in [0.4, 0.5) is 0 Å². The van der Waals surface area contributed by atoms with E-state index in [9.17, 15) is 4.79 Å². The molecule has 0 radical (unpaired) electrons. The van der Waals surface area contributed by atoms with Crippen molar-refractivity contribution in [2.24, 2.45) is 5.92 Å². The highest BCUT2D eigenvalue weighted by atomic mass is 35.5. The molecule has 4 heteroatoms. The van der Waals surface area contributed by atoms with Gasteiger partial charge in [0.25, 0.3) is 5.91 Å². The molecule has 0 aromatic heterocycles. The highest BCUT2D eigenvalue weighted by Crippen LogP contribution is 2.24. The third kappa shape index (κ3) is 5.52. The van der Waals surface area contributed by atoms with Gasteiger partial charge < -0.3 is 10.1 Å². The fourth-order valence-electron chi connectivity index (χ4n) is 1.61. The normalized spacial score (nSPS) is 12.3. The van der Waals surface area contributed by atoms with Crippen LogP contribution in [-0.2, 0) is 4.79 Å². The summed E-state index contributed by atoms with van der Waals surface area (Å²) < 4.78 is 5.67. The number of hydrogen-bond acceptors (Lipinski definition) is 2. The van der Waals surface area contributed by atoms with Crippen LogP contribution in [0.15, 0.2) is 24.3 Å².